The van der Waals surface area contributed by atoms with Gasteiger partial charge in [0.05, 0.1) is 6.26 Å². The van der Waals surface area contributed by atoms with E-state index >= 15 is 0 Å². The molecule has 7 heteroatoms. The Morgan fingerprint density at radius 3 is 2.74 bits per heavy atom. The number of hydrogen-bond donors (Lipinski definition) is 1. The van der Waals surface area contributed by atoms with Crippen molar-refractivity contribution >= 4 is 11.8 Å². The number of nitrogen functional groups attached to an aromatic ring is 1. The van der Waals surface area contributed by atoms with Crippen molar-refractivity contribution in [1.82, 2.24) is 15.0 Å². The molecule has 0 unspecified atom stereocenters. The fourth-order valence-corrected chi connectivity index (χ4v) is 2.95. The molecule has 1 aliphatic rings. The van der Waals surface area contributed by atoms with E-state index in [0.717, 1.165) is 25.9 Å². The van der Waals surface area contributed by atoms with Crippen molar-refractivity contribution in [1.29, 1.82) is 5.26 Å². The number of nitriles is 1. The van der Waals surface area contributed by atoms with Gasteiger partial charge in [0, 0.05) is 19.6 Å². The lowest BCUT2D eigenvalue weighted by Gasteiger charge is -2.38. The summed E-state index contributed by atoms with van der Waals surface area (Å²) in [5.41, 5.74) is 6.72. The maximum absolute atomic E-state index is 9.67. The highest BCUT2D eigenvalue weighted by atomic mass is 16.3. The van der Waals surface area contributed by atoms with Gasteiger partial charge in [-0.15, -0.1) is 0 Å². The van der Waals surface area contributed by atoms with Crippen molar-refractivity contribution in [3.05, 3.63) is 24.0 Å². The molecular weight excluding hydrogens is 292 g/mol. The van der Waals surface area contributed by atoms with Crippen LogP contribution in [0.15, 0.2) is 22.8 Å². The van der Waals surface area contributed by atoms with E-state index in [9.17, 15) is 5.26 Å². The zero-order valence-electron chi connectivity index (χ0n) is 13.2. The third kappa shape index (κ3) is 2.98. The molecule has 2 aromatic rings. The second-order valence-corrected chi connectivity index (χ2v) is 5.45. The Kier molecular flexibility index (Phi) is 4.44. The van der Waals surface area contributed by atoms with Crippen LogP contribution in [-0.4, -0.2) is 34.6 Å². The average molecular weight is 312 g/mol. The molecule has 0 atom stereocenters. The Hall–Kier alpha value is -2.59. The monoisotopic (exact) mass is 312 g/mol. The molecule has 1 saturated heterocycles. The Labute approximate surface area is 135 Å². The average Bonchev–Trinajstić information content (AvgIpc) is 3.10. The summed E-state index contributed by atoms with van der Waals surface area (Å²) in [4.78, 5) is 8.56. The van der Waals surface area contributed by atoms with E-state index in [1.54, 1.807) is 18.4 Å². The first-order valence-electron chi connectivity index (χ1n) is 7.88. The van der Waals surface area contributed by atoms with Crippen LogP contribution in [0.2, 0.25) is 0 Å². The summed E-state index contributed by atoms with van der Waals surface area (Å²) in [5, 5.41) is 13.9. The topological polar surface area (TPSA) is 95.2 Å². The molecule has 7 nitrogen and oxygen atoms in total. The van der Waals surface area contributed by atoms with E-state index in [2.05, 4.69) is 21.0 Å². The van der Waals surface area contributed by atoms with Gasteiger partial charge in [0.15, 0.2) is 11.6 Å². The van der Waals surface area contributed by atoms with Gasteiger partial charge >= 0.3 is 0 Å². The van der Waals surface area contributed by atoms with Gasteiger partial charge in [0.25, 0.3) is 0 Å². The second kappa shape index (κ2) is 6.67. The Balaban J connectivity index is 2.08. The van der Waals surface area contributed by atoms with Gasteiger partial charge in [-0.2, -0.15) is 10.2 Å². The third-order valence-corrected chi connectivity index (χ3v) is 3.99. The quantitative estimate of drug-likeness (QED) is 0.926. The molecule has 0 aliphatic carbocycles. The van der Waals surface area contributed by atoms with Crippen molar-refractivity contribution in [3.8, 4) is 17.5 Å². The van der Waals surface area contributed by atoms with Gasteiger partial charge in [-0.3, -0.25) is 5.01 Å². The van der Waals surface area contributed by atoms with Crippen LogP contribution in [0.5, 0.6) is 0 Å². The smallest absolute Gasteiger partial charge is 0.222 e. The van der Waals surface area contributed by atoms with E-state index in [1.807, 2.05) is 11.9 Å². The largest absolute Gasteiger partial charge is 0.463 e. The fraction of sp³-hybridized carbons (Fsp3) is 0.438. The van der Waals surface area contributed by atoms with Crippen LogP contribution in [0.25, 0.3) is 11.5 Å². The first-order valence-corrected chi connectivity index (χ1v) is 7.88. The van der Waals surface area contributed by atoms with E-state index in [1.165, 1.54) is 6.42 Å². The van der Waals surface area contributed by atoms with Crippen molar-refractivity contribution in [2.45, 2.75) is 26.2 Å². The number of furan rings is 1. The first kappa shape index (κ1) is 15.3. The molecule has 0 bridgehead atoms. The molecule has 3 heterocycles. The summed E-state index contributed by atoms with van der Waals surface area (Å²) in [6.45, 7) is 4.67. The molecule has 0 amide bonds. The minimum Gasteiger partial charge on any atom is -0.463 e. The molecule has 0 saturated carbocycles. The zero-order valence-corrected chi connectivity index (χ0v) is 13.2. The lowest BCUT2D eigenvalue weighted by molar-refractivity contribution is 0.209. The first-order chi connectivity index (χ1) is 11.2. The maximum Gasteiger partial charge on any atom is 0.222 e. The zero-order chi connectivity index (χ0) is 16.2. The minimum atomic E-state index is 0.140. The molecule has 3 rings (SSSR count). The minimum absolute atomic E-state index is 0.140. The van der Waals surface area contributed by atoms with Gasteiger partial charge in [0.1, 0.15) is 17.3 Å². The third-order valence-electron chi connectivity index (χ3n) is 3.99. The predicted octanol–water partition coefficient (Wildman–Crippen LogP) is 2.42. The van der Waals surface area contributed by atoms with Crippen LogP contribution < -0.4 is 10.7 Å². The van der Waals surface area contributed by atoms with E-state index < -0.39 is 0 Å². The molecule has 23 heavy (non-hydrogen) atoms. The number of anilines is 2. The maximum atomic E-state index is 9.67. The van der Waals surface area contributed by atoms with Crippen LogP contribution in [0.1, 0.15) is 31.7 Å². The molecule has 1 aliphatic heterocycles. The van der Waals surface area contributed by atoms with Crippen LogP contribution in [0.4, 0.5) is 11.8 Å². The normalized spacial score (nSPS) is 15.3. The molecular formula is C16H20N6O. The highest BCUT2D eigenvalue weighted by Crippen LogP contribution is 2.30. The van der Waals surface area contributed by atoms with Crippen LogP contribution in [-0.2, 0) is 0 Å². The summed E-state index contributed by atoms with van der Waals surface area (Å²) in [6, 6.07) is 5.75. The predicted molar refractivity (Wildman–Crippen MR) is 87.3 cm³/mol. The summed E-state index contributed by atoms with van der Waals surface area (Å²) in [5.74, 6) is 1.21. The number of hydrazine groups is 1. The Morgan fingerprint density at radius 2 is 2.13 bits per heavy atom. The fourth-order valence-electron chi connectivity index (χ4n) is 2.95. The summed E-state index contributed by atoms with van der Waals surface area (Å²) >= 11 is 0. The number of nitrogens with two attached hydrogens (primary N) is 1. The Morgan fingerprint density at radius 1 is 1.35 bits per heavy atom. The van der Waals surface area contributed by atoms with Gasteiger partial charge < -0.3 is 10.2 Å². The summed E-state index contributed by atoms with van der Waals surface area (Å²) in [6.07, 6.45) is 5.08. The Bertz CT molecular complexity index is 700. The van der Waals surface area contributed by atoms with Crippen LogP contribution in [0, 0.1) is 11.3 Å². The highest BCUT2D eigenvalue weighted by Gasteiger charge is 2.25. The number of hydrogen-bond acceptors (Lipinski definition) is 7. The van der Waals surface area contributed by atoms with Gasteiger partial charge in [-0.1, -0.05) is 6.42 Å². The molecule has 120 valence electrons. The number of piperidine rings is 1. The SMILES string of the molecule is CCN(c1nc(N)nc(-c2ccco2)c1C#N)N1CCCCC1. The summed E-state index contributed by atoms with van der Waals surface area (Å²) in [7, 11) is 0. The van der Waals surface area contributed by atoms with E-state index in [0.29, 0.717) is 29.4 Å². The van der Waals surface area contributed by atoms with Gasteiger partial charge in [-0.05, 0) is 31.9 Å². The molecule has 0 radical (unpaired) electrons. The standard InChI is InChI=1S/C16H20N6O/c1-2-22(21-8-4-3-5-9-21)15-12(11-17)14(19-16(18)20-15)13-7-6-10-23-13/h6-7,10H,2-5,8-9H2,1H3,(H2,18,19,20). The number of nitrogens with zero attached hydrogens (tertiary/aromatic N) is 5. The lowest BCUT2D eigenvalue weighted by Crippen LogP contribution is -2.46. The van der Waals surface area contributed by atoms with Crippen LogP contribution in [0.3, 0.4) is 0 Å². The highest BCUT2D eigenvalue weighted by molar-refractivity contribution is 5.71. The number of rotatable bonds is 4. The lowest BCUT2D eigenvalue weighted by atomic mass is 10.1. The summed E-state index contributed by atoms with van der Waals surface area (Å²) < 4.78 is 5.40. The van der Waals surface area contributed by atoms with Gasteiger partial charge in [0.2, 0.25) is 5.95 Å². The molecule has 0 spiro atoms. The molecule has 2 aromatic heterocycles. The van der Waals surface area contributed by atoms with Crippen molar-refractivity contribution in [2.75, 3.05) is 30.4 Å². The van der Waals surface area contributed by atoms with Gasteiger partial charge in [-0.25, -0.2) is 9.99 Å². The van der Waals surface area contributed by atoms with E-state index in [-0.39, 0.29) is 5.95 Å². The van der Waals surface area contributed by atoms with Crippen molar-refractivity contribution in [2.24, 2.45) is 0 Å². The van der Waals surface area contributed by atoms with Crippen molar-refractivity contribution in [3.63, 3.8) is 0 Å². The molecule has 2 N–H and O–H groups in total. The molecule has 1 fully saturated rings. The van der Waals surface area contributed by atoms with Crippen LogP contribution >= 0.6 is 0 Å². The number of aromatic nitrogens is 2. The van der Waals surface area contributed by atoms with Crippen molar-refractivity contribution < 1.29 is 4.42 Å². The second-order valence-electron chi connectivity index (χ2n) is 5.45. The molecule has 0 aromatic carbocycles. The van der Waals surface area contributed by atoms with E-state index in [4.69, 9.17) is 10.2 Å².